The van der Waals surface area contributed by atoms with E-state index in [0.29, 0.717) is 0 Å². The van der Waals surface area contributed by atoms with E-state index >= 15 is 0 Å². The van der Waals surface area contributed by atoms with Crippen molar-refractivity contribution < 1.29 is 4.74 Å². The van der Waals surface area contributed by atoms with Gasteiger partial charge < -0.3 is 15.0 Å². The van der Waals surface area contributed by atoms with Crippen LogP contribution in [0.1, 0.15) is 24.5 Å². The average Bonchev–Trinajstić information content (AvgIpc) is 2.81. The Morgan fingerprint density at radius 3 is 2.95 bits per heavy atom. The van der Waals surface area contributed by atoms with E-state index in [1.165, 1.54) is 36.3 Å². The molecule has 1 aromatic rings. The van der Waals surface area contributed by atoms with Crippen LogP contribution in [0, 0.1) is 12.8 Å². The molecule has 0 radical (unpaired) electrons. The number of methoxy groups -OCH3 is 1. The fourth-order valence-corrected chi connectivity index (χ4v) is 2.72. The lowest BCUT2D eigenvalue weighted by Crippen LogP contribution is -2.24. The van der Waals surface area contributed by atoms with E-state index < -0.39 is 0 Å². The molecule has 1 N–H and O–H groups in total. The third kappa shape index (κ3) is 3.95. The molecule has 3 nitrogen and oxygen atoms in total. The second kappa shape index (κ2) is 6.92. The average molecular weight is 262 g/mol. The van der Waals surface area contributed by atoms with Crippen LogP contribution in [0.2, 0.25) is 0 Å². The van der Waals surface area contributed by atoms with Gasteiger partial charge in [0.2, 0.25) is 0 Å². The maximum Gasteiger partial charge on any atom is 0.0587 e. The number of rotatable bonds is 6. The molecule has 0 aromatic heterocycles. The summed E-state index contributed by atoms with van der Waals surface area (Å²) in [5.41, 5.74) is 4.14. The molecule has 0 amide bonds. The lowest BCUT2D eigenvalue weighted by molar-refractivity contribution is 0.199. The summed E-state index contributed by atoms with van der Waals surface area (Å²) in [6.07, 6.45) is 1.31. The van der Waals surface area contributed by atoms with Crippen LogP contribution in [0.3, 0.4) is 0 Å². The zero-order valence-corrected chi connectivity index (χ0v) is 12.4. The molecule has 0 spiro atoms. The molecule has 2 rings (SSSR count). The van der Waals surface area contributed by atoms with E-state index in [2.05, 4.69) is 42.3 Å². The second-order valence-electron chi connectivity index (χ2n) is 5.64. The first kappa shape index (κ1) is 14.4. The fraction of sp³-hybridized carbons (Fsp3) is 0.625. The summed E-state index contributed by atoms with van der Waals surface area (Å²) in [6.45, 7) is 9.47. The Labute approximate surface area is 116 Å². The summed E-state index contributed by atoms with van der Waals surface area (Å²) >= 11 is 0. The highest BCUT2D eigenvalue weighted by Gasteiger charge is 2.20. The van der Waals surface area contributed by atoms with Crippen molar-refractivity contribution in [2.75, 3.05) is 38.3 Å². The van der Waals surface area contributed by atoms with Gasteiger partial charge in [-0.2, -0.15) is 0 Å². The Bertz CT molecular complexity index is 406. The van der Waals surface area contributed by atoms with Gasteiger partial charge in [0.25, 0.3) is 0 Å². The first-order valence-corrected chi connectivity index (χ1v) is 7.25. The van der Waals surface area contributed by atoms with E-state index in [4.69, 9.17) is 4.74 Å². The molecule has 0 aliphatic carbocycles. The van der Waals surface area contributed by atoms with Crippen molar-refractivity contribution in [2.45, 2.75) is 26.8 Å². The van der Waals surface area contributed by atoms with Gasteiger partial charge in [-0.25, -0.2) is 0 Å². The summed E-state index contributed by atoms with van der Waals surface area (Å²) in [6, 6.07) is 6.80. The third-order valence-corrected chi connectivity index (χ3v) is 3.80. The highest BCUT2D eigenvalue weighted by molar-refractivity contribution is 5.55. The van der Waals surface area contributed by atoms with Crippen LogP contribution in [-0.4, -0.2) is 33.4 Å². The van der Waals surface area contributed by atoms with Gasteiger partial charge in [0, 0.05) is 39.0 Å². The maximum absolute atomic E-state index is 5.07. The molecular formula is C16H26N2O. The van der Waals surface area contributed by atoms with Crippen LogP contribution in [0.25, 0.3) is 0 Å². The van der Waals surface area contributed by atoms with E-state index in [1.54, 1.807) is 7.11 Å². The monoisotopic (exact) mass is 262 g/mol. The van der Waals surface area contributed by atoms with Crippen LogP contribution in [0.5, 0.6) is 0 Å². The minimum Gasteiger partial charge on any atom is -0.383 e. The van der Waals surface area contributed by atoms with E-state index in [9.17, 15) is 0 Å². The van der Waals surface area contributed by atoms with Gasteiger partial charge in [-0.05, 0) is 30.9 Å². The Balaban J connectivity index is 2.04. The van der Waals surface area contributed by atoms with Gasteiger partial charge >= 0.3 is 0 Å². The van der Waals surface area contributed by atoms with Crippen molar-refractivity contribution in [2.24, 2.45) is 5.92 Å². The van der Waals surface area contributed by atoms with E-state index in [1.807, 2.05) is 0 Å². The number of benzene rings is 1. The molecule has 1 heterocycles. The largest absolute Gasteiger partial charge is 0.383 e. The third-order valence-electron chi connectivity index (χ3n) is 3.80. The Morgan fingerprint density at radius 2 is 2.26 bits per heavy atom. The molecule has 3 heteroatoms. The van der Waals surface area contributed by atoms with Gasteiger partial charge in [-0.3, -0.25) is 0 Å². The molecule has 1 unspecified atom stereocenters. The summed E-state index contributed by atoms with van der Waals surface area (Å²) in [5.74, 6) is 0.815. The number of anilines is 1. The molecular weight excluding hydrogens is 236 g/mol. The zero-order valence-electron chi connectivity index (χ0n) is 12.4. The summed E-state index contributed by atoms with van der Waals surface area (Å²) < 4.78 is 5.07. The fourth-order valence-electron chi connectivity index (χ4n) is 2.72. The van der Waals surface area contributed by atoms with Crippen molar-refractivity contribution in [3.05, 3.63) is 29.3 Å². The van der Waals surface area contributed by atoms with Crippen LogP contribution in [0.15, 0.2) is 18.2 Å². The first-order chi connectivity index (χ1) is 9.20. The predicted octanol–water partition coefficient (Wildman–Crippen LogP) is 2.58. The van der Waals surface area contributed by atoms with Crippen LogP contribution in [0.4, 0.5) is 5.69 Å². The number of ether oxygens (including phenoxy) is 1. The molecule has 0 bridgehead atoms. The smallest absolute Gasteiger partial charge is 0.0587 e. The van der Waals surface area contributed by atoms with E-state index in [0.717, 1.165) is 25.6 Å². The number of nitrogens with one attached hydrogen (secondary N) is 1. The molecule has 1 atom stereocenters. The number of aryl methyl sites for hydroxylation is 1. The van der Waals surface area contributed by atoms with Crippen molar-refractivity contribution in [1.82, 2.24) is 5.32 Å². The number of hydrogen-bond acceptors (Lipinski definition) is 3. The summed E-state index contributed by atoms with van der Waals surface area (Å²) in [5, 5.41) is 3.45. The zero-order chi connectivity index (χ0) is 13.7. The predicted molar refractivity (Wildman–Crippen MR) is 80.8 cm³/mol. The van der Waals surface area contributed by atoms with Gasteiger partial charge in [0.05, 0.1) is 6.61 Å². The van der Waals surface area contributed by atoms with Crippen LogP contribution in [-0.2, 0) is 11.3 Å². The van der Waals surface area contributed by atoms with Gasteiger partial charge in [-0.15, -0.1) is 0 Å². The SMILES string of the molecule is COCCNCc1cc(C)ccc1N1CCC(C)C1. The quantitative estimate of drug-likeness (QED) is 0.798. The van der Waals surface area contributed by atoms with Crippen LogP contribution >= 0.6 is 0 Å². The maximum atomic E-state index is 5.07. The highest BCUT2D eigenvalue weighted by Crippen LogP contribution is 2.27. The normalized spacial score (nSPS) is 19.1. The molecule has 1 saturated heterocycles. The minimum atomic E-state index is 0.766. The second-order valence-corrected chi connectivity index (χ2v) is 5.64. The molecule has 1 aromatic carbocycles. The van der Waals surface area contributed by atoms with E-state index in [-0.39, 0.29) is 0 Å². The van der Waals surface area contributed by atoms with Gasteiger partial charge in [0.1, 0.15) is 0 Å². The summed E-state index contributed by atoms with van der Waals surface area (Å²) in [4.78, 5) is 2.53. The first-order valence-electron chi connectivity index (χ1n) is 7.25. The number of nitrogens with zero attached hydrogens (tertiary/aromatic N) is 1. The molecule has 19 heavy (non-hydrogen) atoms. The number of hydrogen-bond donors (Lipinski definition) is 1. The molecule has 1 aliphatic rings. The lowest BCUT2D eigenvalue weighted by atomic mass is 10.1. The topological polar surface area (TPSA) is 24.5 Å². The van der Waals surface area contributed by atoms with Crippen molar-refractivity contribution >= 4 is 5.69 Å². The summed E-state index contributed by atoms with van der Waals surface area (Å²) in [7, 11) is 1.74. The van der Waals surface area contributed by atoms with Gasteiger partial charge in [-0.1, -0.05) is 24.6 Å². The standard InChI is InChI=1S/C16H26N2O/c1-13-4-5-16(18-8-6-14(2)12-18)15(10-13)11-17-7-9-19-3/h4-5,10,14,17H,6-9,11-12H2,1-3H3. The van der Waals surface area contributed by atoms with Crippen LogP contribution < -0.4 is 10.2 Å². The molecule has 1 aliphatic heterocycles. The highest BCUT2D eigenvalue weighted by atomic mass is 16.5. The Hall–Kier alpha value is -1.06. The lowest BCUT2D eigenvalue weighted by Gasteiger charge is -2.22. The molecule has 106 valence electrons. The van der Waals surface area contributed by atoms with Crippen molar-refractivity contribution in [3.8, 4) is 0 Å². The molecule has 1 fully saturated rings. The Morgan fingerprint density at radius 1 is 1.42 bits per heavy atom. The van der Waals surface area contributed by atoms with Crippen molar-refractivity contribution in [1.29, 1.82) is 0 Å². The van der Waals surface area contributed by atoms with Gasteiger partial charge in [0.15, 0.2) is 0 Å². The Kier molecular flexibility index (Phi) is 5.23. The molecule has 0 saturated carbocycles. The van der Waals surface area contributed by atoms with Crippen molar-refractivity contribution in [3.63, 3.8) is 0 Å². The minimum absolute atomic E-state index is 0.766.